The first-order valence-corrected chi connectivity index (χ1v) is 8.34. The highest BCUT2D eigenvalue weighted by Gasteiger charge is 2.37. The van der Waals surface area contributed by atoms with Crippen LogP contribution in [0.2, 0.25) is 0 Å². The molecule has 1 aromatic carbocycles. The normalized spacial score (nSPS) is 33.4. The molecule has 0 aromatic heterocycles. The molecule has 0 aliphatic carbocycles. The quantitative estimate of drug-likeness (QED) is 0.758. The molecule has 3 fully saturated rings. The summed E-state index contributed by atoms with van der Waals surface area (Å²) in [6.07, 6.45) is 2.42. The molecular formula is C15H19BrN4O. The second-order valence-electron chi connectivity index (χ2n) is 6.19. The minimum absolute atomic E-state index is 0.0677. The Kier molecular flexibility index (Phi) is 3.40. The number of anilines is 1. The van der Waals surface area contributed by atoms with Crippen LogP contribution in [0.4, 0.5) is 5.69 Å². The van der Waals surface area contributed by atoms with Gasteiger partial charge in [0.1, 0.15) is 6.04 Å². The molecule has 5 nitrogen and oxygen atoms in total. The van der Waals surface area contributed by atoms with E-state index in [0.717, 1.165) is 22.3 Å². The van der Waals surface area contributed by atoms with Gasteiger partial charge in [0, 0.05) is 22.6 Å². The van der Waals surface area contributed by atoms with Gasteiger partial charge in [-0.25, -0.2) is 5.43 Å². The van der Waals surface area contributed by atoms with E-state index in [0.29, 0.717) is 12.0 Å². The Morgan fingerprint density at radius 3 is 2.86 bits per heavy atom. The number of halogens is 1. The van der Waals surface area contributed by atoms with Crippen molar-refractivity contribution in [2.75, 3.05) is 25.1 Å². The molecule has 2 bridgehead atoms. The molecular weight excluding hydrogens is 332 g/mol. The lowest BCUT2D eigenvalue weighted by Gasteiger charge is -2.45. The molecule has 1 unspecified atom stereocenters. The Morgan fingerprint density at radius 1 is 1.33 bits per heavy atom. The van der Waals surface area contributed by atoms with Crippen molar-refractivity contribution in [1.29, 1.82) is 0 Å². The molecule has 4 aliphatic rings. The summed E-state index contributed by atoms with van der Waals surface area (Å²) >= 11 is 3.47. The fraction of sp³-hybridized carbons (Fsp3) is 0.533. The highest BCUT2D eigenvalue weighted by Crippen LogP contribution is 2.32. The average molecular weight is 351 g/mol. The first-order chi connectivity index (χ1) is 10.2. The number of benzene rings is 1. The number of nitrogens with zero attached hydrogens (tertiary/aromatic N) is 1. The third-order valence-electron chi connectivity index (χ3n) is 4.92. The van der Waals surface area contributed by atoms with Crippen LogP contribution in [0.1, 0.15) is 24.4 Å². The zero-order valence-electron chi connectivity index (χ0n) is 11.7. The standard InChI is InChI=1S/C15H19BrN4O/c16-10-1-2-12-11(7-10)14(19-18-12)15(21)17-13-8-20-5-3-9(13)4-6-20/h1-2,7,9,13-14,18-19H,3-6,8H2,(H,17,21)/t13-,14?/m0/s1. The summed E-state index contributed by atoms with van der Waals surface area (Å²) in [6, 6.07) is 5.95. The smallest absolute Gasteiger partial charge is 0.243 e. The molecule has 3 N–H and O–H groups in total. The van der Waals surface area contributed by atoms with Gasteiger partial charge in [-0.1, -0.05) is 15.9 Å². The molecule has 0 saturated carbocycles. The van der Waals surface area contributed by atoms with Crippen LogP contribution in [0.3, 0.4) is 0 Å². The van der Waals surface area contributed by atoms with E-state index in [9.17, 15) is 4.79 Å². The number of rotatable bonds is 2. The molecule has 2 atom stereocenters. The summed E-state index contributed by atoms with van der Waals surface area (Å²) in [7, 11) is 0. The van der Waals surface area contributed by atoms with Crippen LogP contribution < -0.4 is 16.2 Å². The van der Waals surface area contributed by atoms with Crippen LogP contribution in [0, 0.1) is 5.92 Å². The van der Waals surface area contributed by atoms with E-state index in [1.54, 1.807) is 0 Å². The third-order valence-corrected chi connectivity index (χ3v) is 5.42. The molecule has 5 rings (SSSR count). The molecule has 6 heteroatoms. The van der Waals surface area contributed by atoms with Gasteiger partial charge >= 0.3 is 0 Å². The van der Waals surface area contributed by atoms with Crippen molar-refractivity contribution in [1.82, 2.24) is 15.6 Å². The van der Waals surface area contributed by atoms with Gasteiger partial charge in [-0.3, -0.25) is 4.79 Å². The number of fused-ring (bicyclic) bond motifs is 4. The van der Waals surface area contributed by atoms with Gasteiger partial charge < -0.3 is 15.6 Å². The second-order valence-corrected chi connectivity index (χ2v) is 7.10. The Labute approximate surface area is 132 Å². The van der Waals surface area contributed by atoms with Crippen LogP contribution in [0.15, 0.2) is 22.7 Å². The molecule has 4 heterocycles. The largest absolute Gasteiger partial charge is 0.350 e. The predicted molar refractivity (Wildman–Crippen MR) is 84.7 cm³/mol. The monoisotopic (exact) mass is 350 g/mol. The fourth-order valence-electron chi connectivity index (χ4n) is 3.72. The number of piperidine rings is 3. The minimum Gasteiger partial charge on any atom is -0.350 e. The summed E-state index contributed by atoms with van der Waals surface area (Å²) < 4.78 is 0.993. The minimum atomic E-state index is -0.312. The van der Waals surface area contributed by atoms with Gasteiger partial charge in [0.05, 0.1) is 5.69 Å². The van der Waals surface area contributed by atoms with E-state index in [-0.39, 0.29) is 11.9 Å². The van der Waals surface area contributed by atoms with Crippen molar-refractivity contribution < 1.29 is 4.79 Å². The lowest BCUT2D eigenvalue weighted by molar-refractivity contribution is -0.125. The lowest BCUT2D eigenvalue weighted by atomic mass is 9.84. The number of nitrogens with one attached hydrogen (secondary N) is 3. The van der Waals surface area contributed by atoms with Gasteiger partial charge in [-0.15, -0.1) is 0 Å². The van der Waals surface area contributed by atoms with Gasteiger partial charge in [0.2, 0.25) is 5.91 Å². The first-order valence-electron chi connectivity index (χ1n) is 7.54. The van der Waals surface area contributed by atoms with E-state index in [1.165, 1.54) is 25.9 Å². The molecule has 4 aliphatic heterocycles. The molecule has 112 valence electrons. The maximum atomic E-state index is 12.6. The Bertz CT molecular complexity index is 571. The van der Waals surface area contributed by atoms with E-state index in [4.69, 9.17) is 0 Å². The molecule has 21 heavy (non-hydrogen) atoms. The Balaban J connectivity index is 1.48. The molecule has 1 amide bonds. The summed E-state index contributed by atoms with van der Waals surface area (Å²) in [5.41, 5.74) is 8.16. The number of amides is 1. The third kappa shape index (κ3) is 2.45. The highest BCUT2D eigenvalue weighted by atomic mass is 79.9. The number of hydrogen-bond donors (Lipinski definition) is 3. The molecule has 0 spiro atoms. The Morgan fingerprint density at radius 2 is 2.14 bits per heavy atom. The Hall–Kier alpha value is -1.11. The van der Waals surface area contributed by atoms with Gasteiger partial charge in [-0.05, 0) is 50.0 Å². The summed E-state index contributed by atoms with van der Waals surface area (Å²) in [6.45, 7) is 3.38. The van der Waals surface area contributed by atoms with Crippen LogP contribution in [-0.4, -0.2) is 36.5 Å². The van der Waals surface area contributed by atoms with Crippen molar-refractivity contribution in [2.24, 2.45) is 5.92 Å². The highest BCUT2D eigenvalue weighted by molar-refractivity contribution is 9.10. The number of hydrazine groups is 1. The van der Waals surface area contributed by atoms with Crippen molar-refractivity contribution in [2.45, 2.75) is 24.9 Å². The lowest BCUT2D eigenvalue weighted by Crippen LogP contribution is -2.58. The van der Waals surface area contributed by atoms with E-state index < -0.39 is 0 Å². The van der Waals surface area contributed by atoms with Gasteiger partial charge in [-0.2, -0.15) is 0 Å². The molecule has 3 saturated heterocycles. The fourth-order valence-corrected chi connectivity index (χ4v) is 4.09. The predicted octanol–water partition coefficient (Wildman–Crippen LogP) is 1.63. The maximum absolute atomic E-state index is 12.6. The van der Waals surface area contributed by atoms with E-state index >= 15 is 0 Å². The van der Waals surface area contributed by atoms with Crippen molar-refractivity contribution in [3.8, 4) is 0 Å². The van der Waals surface area contributed by atoms with Crippen LogP contribution in [-0.2, 0) is 4.79 Å². The first kappa shape index (κ1) is 13.5. The summed E-state index contributed by atoms with van der Waals surface area (Å²) in [5, 5.41) is 3.25. The molecule has 1 aromatic rings. The average Bonchev–Trinajstić information content (AvgIpc) is 2.91. The number of hydrogen-bond acceptors (Lipinski definition) is 4. The van der Waals surface area contributed by atoms with E-state index in [2.05, 4.69) is 37.0 Å². The van der Waals surface area contributed by atoms with E-state index in [1.807, 2.05) is 18.2 Å². The molecule has 0 radical (unpaired) electrons. The van der Waals surface area contributed by atoms with Crippen molar-refractivity contribution in [3.05, 3.63) is 28.2 Å². The van der Waals surface area contributed by atoms with Crippen LogP contribution >= 0.6 is 15.9 Å². The number of carbonyl (C=O) groups excluding carboxylic acids is 1. The topological polar surface area (TPSA) is 56.4 Å². The zero-order valence-corrected chi connectivity index (χ0v) is 13.3. The van der Waals surface area contributed by atoms with Crippen molar-refractivity contribution >= 4 is 27.5 Å². The number of carbonyl (C=O) groups is 1. The maximum Gasteiger partial charge on any atom is 0.243 e. The van der Waals surface area contributed by atoms with Gasteiger partial charge in [0.25, 0.3) is 0 Å². The zero-order chi connectivity index (χ0) is 14.4. The van der Waals surface area contributed by atoms with Crippen molar-refractivity contribution in [3.63, 3.8) is 0 Å². The summed E-state index contributed by atoms with van der Waals surface area (Å²) in [4.78, 5) is 15.1. The van der Waals surface area contributed by atoms with Crippen LogP contribution in [0.25, 0.3) is 0 Å². The summed E-state index contributed by atoms with van der Waals surface area (Å²) in [5.74, 6) is 0.716. The second kappa shape index (κ2) is 5.26. The van der Waals surface area contributed by atoms with Gasteiger partial charge in [0.15, 0.2) is 0 Å². The SMILES string of the molecule is O=C(N[C@H]1CN2CCC1CC2)C1NNc2ccc(Br)cc21. The van der Waals surface area contributed by atoms with Crippen LogP contribution in [0.5, 0.6) is 0 Å².